The van der Waals surface area contributed by atoms with E-state index in [1.54, 1.807) is 12.4 Å². The van der Waals surface area contributed by atoms with Crippen molar-refractivity contribution >= 4 is 17.1 Å². The van der Waals surface area contributed by atoms with Crippen LogP contribution in [0.4, 0.5) is 0 Å². The first-order valence-corrected chi connectivity index (χ1v) is 5.90. The van der Waals surface area contributed by atoms with Crippen molar-refractivity contribution in [2.45, 2.75) is 12.3 Å². The Kier molecular flexibility index (Phi) is 2.71. The lowest BCUT2D eigenvalue weighted by Gasteiger charge is -2.29. The predicted molar refractivity (Wildman–Crippen MR) is 63.2 cm³/mol. The summed E-state index contributed by atoms with van der Waals surface area (Å²) in [7, 11) is 0. The number of carbonyl (C=O) groups is 1. The molecule has 94 valence electrons. The molecule has 1 aliphatic heterocycles. The molecule has 0 bridgehead atoms. The van der Waals surface area contributed by atoms with Crippen LogP contribution in [-0.4, -0.2) is 34.3 Å². The third kappa shape index (κ3) is 1.74. The molecule has 6 nitrogen and oxygen atoms in total. The maximum atomic E-state index is 11.3. The lowest BCUT2D eigenvalue weighted by Crippen LogP contribution is -2.39. The second-order valence-electron chi connectivity index (χ2n) is 4.48. The van der Waals surface area contributed by atoms with E-state index in [0.29, 0.717) is 17.6 Å². The lowest BCUT2D eigenvalue weighted by molar-refractivity contribution is -0.142. The summed E-state index contributed by atoms with van der Waals surface area (Å²) < 4.78 is 5.20. The largest absolute Gasteiger partial charge is 0.481 e. The maximum absolute atomic E-state index is 11.3. The molecule has 2 N–H and O–H groups in total. The molecule has 2 aromatic heterocycles. The van der Waals surface area contributed by atoms with Gasteiger partial charge in [-0.05, 0) is 19.0 Å². The number of hydrogen-bond acceptors (Lipinski definition) is 5. The van der Waals surface area contributed by atoms with Gasteiger partial charge in [-0.2, -0.15) is 0 Å². The normalized spacial score (nSPS) is 24.2. The Morgan fingerprint density at radius 3 is 3.28 bits per heavy atom. The van der Waals surface area contributed by atoms with Gasteiger partial charge in [-0.25, -0.2) is 0 Å². The third-order valence-corrected chi connectivity index (χ3v) is 3.48. The van der Waals surface area contributed by atoms with Crippen molar-refractivity contribution in [2.75, 3.05) is 13.1 Å². The van der Waals surface area contributed by atoms with Gasteiger partial charge in [0, 0.05) is 24.2 Å². The Morgan fingerprint density at radius 1 is 1.56 bits per heavy atom. The van der Waals surface area contributed by atoms with Gasteiger partial charge in [0.15, 0.2) is 5.58 Å². The van der Waals surface area contributed by atoms with E-state index in [1.807, 2.05) is 6.07 Å². The van der Waals surface area contributed by atoms with Crippen LogP contribution >= 0.6 is 0 Å². The van der Waals surface area contributed by atoms with Crippen LogP contribution in [0.1, 0.15) is 17.9 Å². The minimum atomic E-state index is -0.781. The number of nitrogens with one attached hydrogen (secondary N) is 1. The summed E-state index contributed by atoms with van der Waals surface area (Å²) in [6.07, 6.45) is 4.00. The zero-order chi connectivity index (χ0) is 12.5. The Balaban J connectivity index is 2.06. The topological polar surface area (TPSA) is 88.2 Å². The Labute approximate surface area is 103 Å². The molecule has 0 aromatic carbocycles. The first-order chi connectivity index (χ1) is 8.77. The van der Waals surface area contributed by atoms with E-state index in [0.717, 1.165) is 18.5 Å². The van der Waals surface area contributed by atoms with Crippen molar-refractivity contribution in [1.82, 2.24) is 15.5 Å². The summed E-state index contributed by atoms with van der Waals surface area (Å²) in [4.78, 5) is 15.5. The molecule has 0 radical (unpaired) electrons. The number of nitrogens with zero attached hydrogens (tertiary/aromatic N) is 2. The van der Waals surface area contributed by atoms with E-state index in [4.69, 9.17) is 4.52 Å². The zero-order valence-electron chi connectivity index (χ0n) is 9.67. The molecular formula is C12H13N3O3. The van der Waals surface area contributed by atoms with E-state index >= 15 is 0 Å². The van der Waals surface area contributed by atoms with Crippen molar-refractivity contribution in [3.8, 4) is 0 Å². The number of aromatic nitrogens is 2. The van der Waals surface area contributed by atoms with Crippen LogP contribution in [0.5, 0.6) is 0 Å². The van der Waals surface area contributed by atoms with Crippen molar-refractivity contribution in [2.24, 2.45) is 5.92 Å². The van der Waals surface area contributed by atoms with Gasteiger partial charge in [0.2, 0.25) is 0 Å². The molecule has 3 rings (SSSR count). The van der Waals surface area contributed by atoms with Crippen molar-refractivity contribution in [3.05, 3.63) is 24.0 Å². The summed E-state index contributed by atoms with van der Waals surface area (Å²) in [6.45, 7) is 1.30. The molecule has 3 heterocycles. The van der Waals surface area contributed by atoms with Crippen LogP contribution < -0.4 is 5.32 Å². The number of fused-ring (bicyclic) bond motifs is 1. The van der Waals surface area contributed by atoms with Crippen LogP contribution in [0, 0.1) is 5.92 Å². The number of carboxylic acid groups (broad SMARTS) is 1. The van der Waals surface area contributed by atoms with E-state index in [9.17, 15) is 9.90 Å². The van der Waals surface area contributed by atoms with Crippen molar-refractivity contribution in [3.63, 3.8) is 0 Å². The fraction of sp³-hybridized carbons (Fsp3) is 0.417. The average molecular weight is 247 g/mol. The van der Waals surface area contributed by atoms with E-state index < -0.39 is 11.9 Å². The molecule has 2 atom stereocenters. The highest BCUT2D eigenvalue weighted by Crippen LogP contribution is 2.34. The number of hydrogen-bond donors (Lipinski definition) is 2. The molecule has 6 heteroatoms. The zero-order valence-corrected chi connectivity index (χ0v) is 9.67. The third-order valence-electron chi connectivity index (χ3n) is 3.48. The smallest absolute Gasteiger partial charge is 0.308 e. The van der Waals surface area contributed by atoms with Crippen molar-refractivity contribution in [1.29, 1.82) is 0 Å². The molecule has 0 aliphatic carbocycles. The monoisotopic (exact) mass is 247 g/mol. The molecule has 2 aromatic rings. The molecule has 0 spiro atoms. The minimum Gasteiger partial charge on any atom is -0.481 e. The highest BCUT2D eigenvalue weighted by Gasteiger charge is 2.33. The molecule has 0 saturated carbocycles. The van der Waals surface area contributed by atoms with Gasteiger partial charge in [0.1, 0.15) is 5.52 Å². The lowest BCUT2D eigenvalue weighted by atomic mass is 9.81. The number of rotatable bonds is 2. The van der Waals surface area contributed by atoms with Gasteiger partial charge in [0.25, 0.3) is 0 Å². The Hall–Kier alpha value is -1.95. The van der Waals surface area contributed by atoms with Crippen LogP contribution in [0.2, 0.25) is 0 Å². The van der Waals surface area contributed by atoms with Crippen LogP contribution in [0.25, 0.3) is 11.1 Å². The molecule has 0 amide bonds. The minimum absolute atomic E-state index is 0.0535. The number of carboxylic acids is 1. The fourth-order valence-electron chi connectivity index (χ4n) is 2.58. The molecule has 1 aliphatic rings. The summed E-state index contributed by atoms with van der Waals surface area (Å²) >= 11 is 0. The first-order valence-electron chi connectivity index (χ1n) is 5.90. The second-order valence-corrected chi connectivity index (χ2v) is 4.48. The quantitative estimate of drug-likeness (QED) is 0.823. The fourth-order valence-corrected chi connectivity index (χ4v) is 2.58. The number of piperidine rings is 1. The van der Waals surface area contributed by atoms with Gasteiger partial charge in [-0.1, -0.05) is 5.16 Å². The summed E-state index contributed by atoms with van der Waals surface area (Å²) in [5, 5.41) is 16.1. The highest BCUT2D eigenvalue weighted by molar-refractivity contribution is 5.78. The van der Waals surface area contributed by atoms with Gasteiger partial charge >= 0.3 is 5.97 Å². The van der Waals surface area contributed by atoms with Gasteiger partial charge < -0.3 is 14.9 Å². The Morgan fingerprint density at radius 2 is 2.44 bits per heavy atom. The Bertz CT molecular complexity index is 581. The molecule has 18 heavy (non-hydrogen) atoms. The highest BCUT2D eigenvalue weighted by atomic mass is 16.5. The number of aliphatic carboxylic acids is 1. The predicted octanol–water partition coefficient (Wildman–Crippen LogP) is 1.00. The maximum Gasteiger partial charge on any atom is 0.308 e. The van der Waals surface area contributed by atoms with Crippen LogP contribution in [0.3, 0.4) is 0 Å². The molecule has 2 unspecified atom stereocenters. The average Bonchev–Trinajstić information content (AvgIpc) is 2.86. The summed E-state index contributed by atoms with van der Waals surface area (Å²) in [5.74, 6) is -1.27. The standard InChI is InChI=1S/C12H13N3O3/c16-12(17)9-5-13-3-1-7(9)8-2-4-14-10-6-15-18-11(8)10/h2,4,6-7,9,13H,1,3,5H2,(H,16,17). The van der Waals surface area contributed by atoms with E-state index in [2.05, 4.69) is 15.5 Å². The van der Waals surface area contributed by atoms with E-state index in [1.165, 1.54) is 0 Å². The van der Waals surface area contributed by atoms with Crippen LogP contribution in [0.15, 0.2) is 23.0 Å². The summed E-state index contributed by atoms with van der Waals surface area (Å²) in [5.41, 5.74) is 2.18. The molecule has 1 saturated heterocycles. The SMILES string of the molecule is O=C(O)C1CNCCC1c1ccnc2cnoc12. The van der Waals surface area contributed by atoms with Gasteiger partial charge in [-0.3, -0.25) is 9.78 Å². The summed E-state index contributed by atoms with van der Waals surface area (Å²) in [6, 6.07) is 1.83. The second kappa shape index (κ2) is 4.38. The number of pyridine rings is 1. The molecular weight excluding hydrogens is 234 g/mol. The first kappa shape index (κ1) is 11.2. The molecule has 1 fully saturated rings. The van der Waals surface area contributed by atoms with Crippen molar-refractivity contribution < 1.29 is 14.4 Å². The van der Waals surface area contributed by atoms with Crippen LogP contribution in [-0.2, 0) is 4.79 Å². The van der Waals surface area contributed by atoms with Gasteiger partial charge in [-0.15, -0.1) is 0 Å². The van der Waals surface area contributed by atoms with Gasteiger partial charge in [0.05, 0.1) is 12.1 Å². The van der Waals surface area contributed by atoms with E-state index in [-0.39, 0.29) is 5.92 Å².